The summed E-state index contributed by atoms with van der Waals surface area (Å²) < 4.78 is 5.03. The summed E-state index contributed by atoms with van der Waals surface area (Å²) in [5.74, 6) is 0.701. The smallest absolute Gasteiger partial charge is 0.162 e. The van der Waals surface area contributed by atoms with Crippen molar-refractivity contribution in [1.82, 2.24) is 15.3 Å². The normalized spacial score (nSPS) is 11.7. The summed E-state index contributed by atoms with van der Waals surface area (Å²) in [5, 5.41) is 3.40. The predicted molar refractivity (Wildman–Crippen MR) is 66.3 cm³/mol. The van der Waals surface area contributed by atoms with Crippen LogP contribution in [0.3, 0.4) is 0 Å². The highest BCUT2D eigenvalue weighted by molar-refractivity contribution is 5.52. The van der Waals surface area contributed by atoms with Gasteiger partial charge in [0.15, 0.2) is 5.82 Å². The molecule has 0 radical (unpaired) electrons. The third kappa shape index (κ3) is 3.39. The monoisotopic (exact) mass is 231 g/mol. The number of nitrogens with zero attached hydrogens (tertiary/aromatic N) is 2. The van der Waals surface area contributed by atoms with E-state index in [0.29, 0.717) is 5.82 Å². The van der Waals surface area contributed by atoms with E-state index >= 15 is 0 Å². The molecule has 2 rings (SSSR count). The number of nitrogens with one attached hydrogen (secondary N) is 1. The molecule has 0 amide bonds. The highest BCUT2D eigenvalue weighted by Gasteiger charge is 2.09. The first-order valence-corrected chi connectivity index (χ1v) is 5.64. The molecule has 2 aromatic rings. The molecule has 0 saturated heterocycles. The molecule has 1 N–H and O–H groups in total. The average Bonchev–Trinajstić information content (AvgIpc) is 2.79. The molecular weight excluding hydrogens is 214 g/mol. The van der Waals surface area contributed by atoms with Crippen molar-refractivity contribution in [3.05, 3.63) is 36.5 Å². The van der Waals surface area contributed by atoms with Crippen LogP contribution >= 0.6 is 0 Å². The highest BCUT2D eigenvalue weighted by Crippen LogP contribution is 2.14. The molecule has 4 heteroatoms. The van der Waals surface area contributed by atoms with E-state index in [4.69, 9.17) is 4.42 Å². The van der Waals surface area contributed by atoms with Crippen LogP contribution in [0.2, 0.25) is 0 Å². The van der Waals surface area contributed by atoms with Gasteiger partial charge in [-0.3, -0.25) is 0 Å². The number of hydrogen-bond donors (Lipinski definition) is 1. The number of hydrogen-bond acceptors (Lipinski definition) is 4. The Morgan fingerprint density at radius 3 is 2.76 bits per heavy atom. The fraction of sp³-hybridized carbons (Fsp3) is 0.385. The molecule has 0 spiro atoms. The Labute approximate surface area is 101 Å². The number of furan rings is 1. The van der Waals surface area contributed by atoms with Crippen LogP contribution in [0.5, 0.6) is 0 Å². The molecule has 0 aliphatic carbocycles. The van der Waals surface area contributed by atoms with E-state index in [-0.39, 0.29) is 5.54 Å². The summed E-state index contributed by atoms with van der Waals surface area (Å²) in [6, 6.07) is 3.78. The highest BCUT2D eigenvalue weighted by atomic mass is 16.3. The zero-order chi connectivity index (χ0) is 12.3. The molecule has 0 aliphatic heterocycles. The van der Waals surface area contributed by atoms with Gasteiger partial charge < -0.3 is 9.73 Å². The van der Waals surface area contributed by atoms with Gasteiger partial charge in [0.2, 0.25) is 0 Å². The molecule has 17 heavy (non-hydrogen) atoms. The summed E-state index contributed by atoms with van der Waals surface area (Å²) in [5.41, 5.74) is 1.97. The Kier molecular flexibility index (Phi) is 3.24. The van der Waals surface area contributed by atoms with Gasteiger partial charge in [-0.2, -0.15) is 0 Å². The first kappa shape index (κ1) is 11.8. The molecule has 0 aliphatic rings. The minimum absolute atomic E-state index is 0.0841. The van der Waals surface area contributed by atoms with E-state index in [1.165, 1.54) is 0 Å². The van der Waals surface area contributed by atoms with Crippen molar-refractivity contribution >= 4 is 0 Å². The maximum absolute atomic E-state index is 5.03. The van der Waals surface area contributed by atoms with Crippen LogP contribution in [-0.4, -0.2) is 15.5 Å². The summed E-state index contributed by atoms with van der Waals surface area (Å²) in [7, 11) is 0. The van der Waals surface area contributed by atoms with Crippen LogP contribution in [0.25, 0.3) is 11.4 Å². The lowest BCUT2D eigenvalue weighted by molar-refractivity contribution is 0.421. The van der Waals surface area contributed by atoms with Crippen LogP contribution in [0, 0.1) is 0 Å². The maximum Gasteiger partial charge on any atom is 0.162 e. The van der Waals surface area contributed by atoms with Crippen LogP contribution in [0.15, 0.2) is 35.3 Å². The third-order valence-electron chi connectivity index (χ3n) is 2.29. The van der Waals surface area contributed by atoms with Crippen molar-refractivity contribution < 1.29 is 4.42 Å². The van der Waals surface area contributed by atoms with E-state index in [1.807, 2.05) is 12.1 Å². The molecule has 0 unspecified atom stereocenters. The molecule has 0 bridgehead atoms. The van der Waals surface area contributed by atoms with Crippen molar-refractivity contribution in [2.24, 2.45) is 0 Å². The lowest BCUT2D eigenvalue weighted by Crippen LogP contribution is -2.35. The van der Waals surface area contributed by atoms with Crippen molar-refractivity contribution in [1.29, 1.82) is 0 Å². The summed E-state index contributed by atoms with van der Waals surface area (Å²) in [6.07, 6.45) is 5.05. The van der Waals surface area contributed by atoms with E-state index in [0.717, 1.165) is 17.8 Å². The van der Waals surface area contributed by atoms with Crippen molar-refractivity contribution in [2.75, 3.05) is 0 Å². The van der Waals surface area contributed by atoms with Gasteiger partial charge >= 0.3 is 0 Å². The Balaban J connectivity index is 2.12. The molecule has 0 saturated carbocycles. The fourth-order valence-corrected chi connectivity index (χ4v) is 1.38. The van der Waals surface area contributed by atoms with Crippen molar-refractivity contribution in [3.63, 3.8) is 0 Å². The molecule has 90 valence electrons. The topological polar surface area (TPSA) is 51.0 Å². The Bertz CT molecular complexity index is 472. The van der Waals surface area contributed by atoms with Crippen molar-refractivity contribution in [3.8, 4) is 11.4 Å². The van der Waals surface area contributed by atoms with E-state index in [1.54, 1.807) is 18.7 Å². The second-order valence-electron chi connectivity index (χ2n) is 4.99. The number of aromatic nitrogens is 2. The van der Waals surface area contributed by atoms with Crippen LogP contribution in [-0.2, 0) is 6.54 Å². The lowest BCUT2D eigenvalue weighted by Gasteiger charge is -2.20. The first-order chi connectivity index (χ1) is 8.04. The summed E-state index contributed by atoms with van der Waals surface area (Å²) in [4.78, 5) is 8.71. The van der Waals surface area contributed by atoms with E-state index in [2.05, 4.69) is 36.1 Å². The Hall–Kier alpha value is -1.68. The lowest BCUT2D eigenvalue weighted by atomic mass is 10.1. The Morgan fingerprint density at radius 2 is 2.12 bits per heavy atom. The molecule has 0 aromatic carbocycles. The second kappa shape index (κ2) is 4.67. The van der Waals surface area contributed by atoms with Gasteiger partial charge in [-0.05, 0) is 32.9 Å². The van der Waals surface area contributed by atoms with E-state index < -0.39 is 0 Å². The van der Waals surface area contributed by atoms with Gasteiger partial charge in [0.05, 0.1) is 17.5 Å². The molecular formula is C13H17N3O. The second-order valence-corrected chi connectivity index (χ2v) is 4.99. The first-order valence-electron chi connectivity index (χ1n) is 5.64. The minimum atomic E-state index is 0.0841. The van der Waals surface area contributed by atoms with Gasteiger partial charge in [-0.15, -0.1) is 0 Å². The maximum atomic E-state index is 5.03. The van der Waals surface area contributed by atoms with Gasteiger partial charge in [0, 0.05) is 18.3 Å². The van der Waals surface area contributed by atoms with Crippen LogP contribution in [0.1, 0.15) is 26.5 Å². The van der Waals surface area contributed by atoms with Gasteiger partial charge in [0.1, 0.15) is 6.26 Å². The van der Waals surface area contributed by atoms with Gasteiger partial charge in [-0.25, -0.2) is 9.97 Å². The zero-order valence-corrected chi connectivity index (χ0v) is 10.4. The molecule has 0 atom stereocenters. The zero-order valence-electron chi connectivity index (χ0n) is 10.4. The average molecular weight is 231 g/mol. The molecule has 4 nitrogen and oxygen atoms in total. The Morgan fingerprint density at radius 1 is 1.29 bits per heavy atom. The largest absolute Gasteiger partial charge is 0.472 e. The molecule has 2 heterocycles. The fourth-order valence-electron chi connectivity index (χ4n) is 1.38. The minimum Gasteiger partial charge on any atom is -0.472 e. The number of rotatable bonds is 3. The standard InChI is InChI=1S/C13H17N3O/c1-13(2,3)15-8-11-4-6-14-12(16-11)10-5-7-17-9-10/h4-7,9,15H,8H2,1-3H3. The van der Waals surface area contributed by atoms with Crippen LogP contribution < -0.4 is 5.32 Å². The third-order valence-corrected chi connectivity index (χ3v) is 2.29. The molecule has 0 fully saturated rings. The quantitative estimate of drug-likeness (QED) is 0.882. The molecule has 2 aromatic heterocycles. The summed E-state index contributed by atoms with van der Waals surface area (Å²) in [6.45, 7) is 7.12. The van der Waals surface area contributed by atoms with Crippen molar-refractivity contribution in [2.45, 2.75) is 32.9 Å². The van der Waals surface area contributed by atoms with Gasteiger partial charge in [0.25, 0.3) is 0 Å². The van der Waals surface area contributed by atoms with Crippen LogP contribution in [0.4, 0.5) is 0 Å². The predicted octanol–water partition coefficient (Wildman–Crippen LogP) is 2.62. The van der Waals surface area contributed by atoms with E-state index in [9.17, 15) is 0 Å². The SMILES string of the molecule is CC(C)(C)NCc1ccnc(-c2ccoc2)n1. The summed E-state index contributed by atoms with van der Waals surface area (Å²) >= 11 is 0. The van der Waals surface area contributed by atoms with Gasteiger partial charge in [-0.1, -0.05) is 0 Å².